The maximum absolute atomic E-state index is 12.7. The summed E-state index contributed by atoms with van der Waals surface area (Å²) >= 11 is 0. The highest BCUT2D eigenvalue weighted by Crippen LogP contribution is 2.26. The maximum atomic E-state index is 12.7. The number of para-hydroxylation sites is 1. The van der Waals surface area contributed by atoms with E-state index in [-0.39, 0.29) is 11.7 Å². The lowest BCUT2D eigenvalue weighted by Crippen LogP contribution is -2.32. The highest BCUT2D eigenvalue weighted by atomic mass is 16.5. The Labute approximate surface area is 140 Å². The molecule has 0 aliphatic carbocycles. The fourth-order valence-electron chi connectivity index (χ4n) is 2.67. The van der Waals surface area contributed by atoms with Crippen molar-refractivity contribution in [3.05, 3.63) is 60.2 Å². The molecule has 5 nitrogen and oxygen atoms in total. The van der Waals surface area contributed by atoms with Gasteiger partial charge < -0.3 is 4.74 Å². The van der Waals surface area contributed by atoms with Crippen molar-refractivity contribution in [2.75, 3.05) is 11.6 Å². The molecule has 1 aliphatic heterocycles. The zero-order valence-electron chi connectivity index (χ0n) is 13.6. The smallest absolute Gasteiger partial charge is 0.264 e. The monoisotopic (exact) mass is 322 g/mol. The second-order valence-electron chi connectivity index (χ2n) is 5.48. The minimum atomic E-state index is -0.872. The Balaban J connectivity index is 1.83. The lowest BCUT2D eigenvalue weighted by Gasteiger charge is -2.14. The van der Waals surface area contributed by atoms with E-state index < -0.39 is 5.92 Å². The molecule has 0 saturated heterocycles. The summed E-state index contributed by atoms with van der Waals surface area (Å²) < 4.78 is 5.37. The molecule has 0 radical (unpaired) electrons. The predicted octanol–water partition coefficient (Wildman–Crippen LogP) is 3.31. The number of rotatable bonds is 5. The van der Waals surface area contributed by atoms with Crippen molar-refractivity contribution in [2.24, 2.45) is 11.0 Å². The molecule has 3 rings (SSSR count). The fraction of sp³-hybridized carbons (Fsp3) is 0.211. The van der Waals surface area contributed by atoms with Gasteiger partial charge in [0, 0.05) is 5.56 Å². The van der Waals surface area contributed by atoms with Gasteiger partial charge in [-0.1, -0.05) is 18.2 Å². The van der Waals surface area contributed by atoms with Gasteiger partial charge in [-0.25, -0.2) is 0 Å². The molecule has 5 heteroatoms. The van der Waals surface area contributed by atoms with E-state index in [9.17, 15) is 9.59 Å². The Morgan fingerprint density at radius 3 is 2.42 bits per heavy atom. The van der Waals surface area contributed by atoms with Gasteiger partial charge in [-0.2, -0.15) is 10.1 Å². The molecule has 1 amide bonds. The molecule has 0 N–H and O–H groups in total. The fourth-order valence-corrected chi connectivity index (χ4v) is 2.67. The number of amides is 1. The molecule has 2 aromatic carbocycles. The van der Waals surface area contributed by atoms with Crippen LogP contribution in [0, 0.1) is 5.92 Å². The lowest BCUT2D eigenvalue weighted by molar-refractivity contribution is -0.118. The standard InChI is InChI=1S/C19H18N2O3/c1-3-24-16-11-9-14(10-12-16)18(22)17-13(2)20-21(19(17)23)15-7-5-4-6-8-15/h4-12,17H,3H2,1-2H3. The molecule has 0 fully saturated rings. The molecule has 0 saturated carbocycles. The summed E-state index contributed by atoms with van der Waals surface area (Å²) in [6.07, 6.45) is 0. The van der Waals surface area contributed by atoms with Crippen molar-refractivity contribution in [3.63, 3.8) is 0 Å². The first-order valence-electron chi connectivity index (χ1n) is 7.83. The van der Waals surface area contributed by atoms with E-state index >= 15 is 0 Å². The summed E-state index contributed by atoms with van der Waals surface area (Å²) in [6, 6.07) is 15.9. The molecule has 2 aromatic rings. The molecular formula is C19H18N2O3. The minimum Gasteiger partial charge on any atom is -0.494 e. The summed E-state index contributed by atoms with van der Waals surface area (Å²) in [5, 5.41) is 5.57. The average molecular weight is 322 g/mol. The molecule has 0 bridgehead atoms. The van der Waals surface area contributed by atoms with Gasteiger partial charge in [-0.05, 0) is 50.2 Å². The van der Waals surface area contributed by atoms with Gasteiger partial charge in [-0.3, -0.25) is 9.59 Å². The van der Waals surface area contributed by atoms with Crippen molar-refractivity contribution < 1.29 is 14.3 Å². The molecule has 1 unspecified atom stereocenters. The maximum Gasteiger partial charge on any atom is 0.264 e. The van der Waals surface area contributed by atoms with E-state index in [0.29, 0.717) is 29.3 Å². The molecule has 122 valence electrons. The van der Waals surface area contributed by atoms with E-state index in [0.717, 1.165) is 0 Å². The quantitative estimate of drug-likeness (QED) is 0.627. The normalized spacial score (nSPS) is 16.9. The van der Waals surface area contributed by atoms with Crippen LogP contribution in [-0.4, -0.2) is 24.0 Å². The van der Waals surface area contributed by atoms with Crippen LogP contribution in [-0.2, 0) is 4.79 Å². The highest BCUT2D eigenvalue weighted by molar-refractivity contribution is 6.30. The van der Waals surface area contributed by atoms with Crippen LogP contribution in [0.3, 0.4) is 0 Å². The number of hydrogen-bond donors (Lipinski definition) is 0. The number of Topliss-reactive ketones (excluding diaryl/α,β-unsaturated/α-hetero) is 1. The van der Waals surface area contributed by atoms with Gasteiger partial charge in [0.25, 0.3) is 5.91 Å². The summed E-state index contributed by atoms with van der Waals surface area (Å²) in [7, 11) is 0. The third-order valence-electron chi connectivity index (χ3n) is 3.84. The van der Waals surface area contributed by atoms with E-state index in [2.05, 4.69) is 5.10 Å². The molecule has 1 aliphatic rings. The van der Waals surface area contributed by atoms with Crippen LogP contribution >= 0.6 is 0 Å². The molecule has 0 spiro atoms. The number of hydrogen-bond acceptors (Lipinski definition) is 4. The number of carbonyl (C=O) groups is 2. The van der Waals surface area contributed by atoms with Crippen molar-refractivity contribution in [3.8, 4) is 5.75 Å². The van der Waals surface area contributed by atoms with Crippen LogP contribution in [0.4, 0.5) is 5.69 Å². The van der Waals surface area contributed by atoms with Gasteiger partial charge in [0.2, 0.25) is 0 Å². The van der Waals surface area contributed by atoms with Crippen molar-refractivity contribution in [1.29, 1.82) is 0 Å². The molecular weight excluding hydrogens is 304 g/mol. The number of hydrazone groups is 1. The van der Waals surface area contributed by atoms with E-state index in [1.165, 1.54) is 5.01 Å². The van der Waals surface area contributed by atoms with Gasteiger partial charge in [0.05, 0.1) is 18.0 Å². The van der Waals surface area contributed by atoms with Crippen molar-refractivity contribution in [2.45, 2.75) is 13.8 Å². The number of carbonyl (C=O) groups excluding carboxylic acids is 2. The SMILES string of the molecule is CCOc1ccc(C(=O)C2C(=O)N(c3ccccc3)N=C2C)cc1. The first-order valence-corrected chi connectivity index (χ1v) is 7.83. The predicted molar refractivity (Wildman–Crippen MR) is 92.5 cm³/mol. The Bertz CT molecular complexity index is 782. The second-order valence-corrected chi connectivity index (χ2v) is 5.48. The van der Waals surface area contributed by atoms with Crippen molar-refractivity contribution in [1.82, 2.24) is 0 Å². The summed E-state index contributed by atoms with van der Waals surface area (Å²) in [5.41, 5.74) is 1.63. The van der Waals surface area contributed by atoms with Crippen LogP contribution in [0.5, 0.6) is 5.75 Å². The first kappa shape index (κ1) is 15.9. The summed E-state index contributed by atoms with van der Waals surface area (Å²) in [5.74, 6) is -0.744. The van der Waals surface area contributed by atoms with Crippen LogP contribution in [0.2, 0.25) is 0 Å². The van der Waals surface area contributed by atoms with Gasteiger partial charge >= 0.3 is 0 Å². The zero-order chi connectivity index (χ0) is 17.1. The van der Waals surface area contributed by atoms with Crippen molar-refractivity contribution >= 4 is 23.1 Å². The first-order chi connectivity index (χ1) is 11.6. The second kappa shape index (κ2) is 6.66. The largest absolute Gasteiger partial charge is 0.494 e. The number of anilines is 1. The highest BCUT2D eigenvalue weighted by Gasteiger charge is 2.39. The molecule has 0 aromatic heterocycles. The zero-order valence-corrected chi connectivity index (χ0v) is 13.6. The van der Waals surface area contributed by atoms with Gasteiger partial charge in [-0.15, -0.1) is 0 Å². The minimum absolute atomic E-state index is 0.247. The molecule has 1 heterocycles. The van der Waals surface area contributed by atoms with Crippen LogP contribution in [0.1, 0.15) is 24.2 Å². The summed E-state index contributed by atoms with van der Waals surface area (Å²) in [4.78, 5) is 25.4. The van der Waals surface area contributed by atoms with E-state index in [1.54, 1.807) is 43.3 Å². The Morgan fingerprint density at radius 1 is 1.12 bits per heavy atom. The number of ketones is 1. The van der Waals surface area contributed by atoms with Crippen LogP contribution < -0.4 is 9.75 Å². The lowest BCUT2D eigenvalue weighted by atomic mass is 9.93. The molecule has 1 atom stereocenters. The topological polar surface area (TPSA) is 59.0 Å². The van der Waals surface area contributed by atoms with Crippen LogP contribution in [0.25, 0.3) is 0 Å². The Morgan fingerprint density at radius 2 is 1.79 bits per heavy atom. The number of benzene rings is 2. The molecule has 24 heavy (non-hydrogen) atoms. The van der Waals surface area contributed by atoms with Crippen LogP contribution in [0.15, 0.2) is 59.7 Å². The summed E-state index contributed by atoms with van der Waals surface area (Å²) in [6.45, 7) is 4.17. The van der Waals surface area contributed by atoms with Gasteiger partial charge in [0.15, 0.2) is 5.78 Å². The Kier molecular flexibility index (Phi) is 4.42. The van der Waals surface area contributed by atoms with E-state index in [1.807, 2.05) is 25.1 Å². The Hall–Kier alpha value is -2.95. The average Bonchev–Trinajstić information content (AvgIpc) is 2.90. The third-order valence-corrected chi connectivity index (χ3v) is 3.84. The third kappa shape index (κ3) is 2.93. The number of ether oxygens (including phenoxy) is 1. The van der Waals surface area contributed by atoms with E-state index in [4.69, 9.17) is 4.74 Å². The number of nitrogens with zero attached hydrogens (tertiary/aromatic N) is 2. The van der Waals surface area contributed by atoms with Gasteiger partial charge in [0.1, 0.15) is 11.7 Å².